The molecule has 0 aromatic heterocycles. The molecule has 0 bridgehead atoms. The molecule has 0 aliphatic heterocycles. The van der Waals surface area contributed by atoms with Crippen LogP contribution in [0, 0.1) is 0 Å². The van der Waals surface area contributed by atoms with Gasteiger partial charge in [0.25, 0.3) is 0 Å². The van der Waals surface area contributed by atoms with Gasteiger partial charge in [-0.25, -0.2) is 0 Å². The highest BCUT2D eigenvalue weighted by molar-refractivity contribution is 7.64. The van der Waals surface area contributed by atoms with Crippen molar-refractivity contribution in [3.8, 4) is 11.1 Å². The van der Waals surface area contributed by atoms with Crippen LogP contribution < -0.4 is 5.30 Å². The lowest BCUT2D eigenvalue weighted by molar-refractivity contribution is 1.65. The molecule has 0 spiro atoms. The fraction of sp³-hybridized carbons (Fsp3) is 0.143. The molecule has 0 fully saturated rings. The molecule has 0 unspecified atom stereocenters. The molecule has 1 heteroatoms. The van der Waals surface area contributed by atoms with Crippen LogP contribution in [-0.4, -0.2) is 13.3 Å². The summed E-state index contributed by atoms with van der Waals surface area (Å²) in [4.78, 5) is 0. The molecule has 2 aromatic carbocycles. The molecule has 0 heterocycles. The summed E-state index contributed by atoms with van der Waals surface area (Å²) in [6.45, 7) is 4.61. The van der Waals surface area contributed by atoms with Crippen LogP contribution >= 0.6 is 7.92 Å². The van der Waals surface area contributed by atoms with Gasteiger partial charge in [-0.2, -0.15) is 0 Å². The second kappa shape index (κ2) is 4.59. The number of rotatable bonds is 2. The average Bonchev–Trinajstić information content (AvgIpc) is 2.30. The minimum atomic E-state index is -0.0400. The quantitative estimate of drug-likeness (QED) is 0.668. The molecule has 0 radical (unpaired) electrons. The van der Waals surface area contributed by atoms with Crippen molar-refractivity contribution >= 4 is 13.2 Å². The molecule has 0 N–H and O–H groups in total. The van der Waals surface area contributed by atoms with Gasteiger partial charge in [0, 0.05) is 0 Å². The molecule has 76 valence electrons. The highest BCUT2D eigenvalue weighted by Gasteiger charge is 2.06. The molecule has 2 rings (SSSR count). The maximum Gasteiger partial charge on any atom is -0.0107 e. The van der Waals surface area contributed by atoms with E-state index in [1.54, 1.807) is 0 Å². The monoisotopic (exact) mass is 214 g/mol. The first-order valence-electron chi connectivity index (χ1n) is 5.11. The van der Waals surface area contributed by atoms with Crippen LogP contribution in [0.2, 0.25) is 0 Å². The van der Waals surface area contributed by atoms with E-state index in [2.05, 4.69) is 67.9 Å². The van der Waals surface area contributed by atoms with Gasteiger partial charge in [0.15, 0.2) is 0 Å². The first-order chi connectivity index (χ1) is 7.29. The lowest BCUT2D eigenvalue weighted by Gasteiger charge is -2.12. The number of hydrogen-bond acceptors (Lipinski definition) is 0. The van der Waals surface area contributed by atoms with E-state index in [0.717, 1.165) is 0 Å². The van der Waals surface area contributed by atoms with Crippen LogP contribution in [0.15, 0.2) is 54.6 Å². The predicted octanol–water partition coefficient (Wildman–Crippen LogP) is 3.72. The summed E-state index contributed by atoms with van der Waals surface area (Å²) >= 11 is 0. The molecule has 15 heavy (non-hydrogen) atoms. The zero-order chi connectivity index (χ0) is 10.7. The van der Waals surface area contributed by atoms with Gasteiger partial charge in [0.2, 0.25) is 0 Å². The fourth-order valence-electron chi connectivity index (χ4n) is 1.73. The third-order valence-electron chi connectivity index (χ3n) is 2.47. The molecule has 2 aromatic rings. The van der Waals surface area contributed by atoms with Gasteiger partial charge in [0.05, 0.1) is 0 Å². The van der Waals surface area contributed by atoms with Crippen molar-refractivity contribution in [1.29, 1.82) is 0 Å². The Morgan fingerprint density at radius 1 is 0.733 bits per heavy atom. The van der Waals surface area contributed by atoms with Crippen LogP contribution in [0.1, 0.15) is 0 Å². The Balaban J connectivity index is 2.53. The maximum absolute atomic E-state index is 2.30. The Kier molecular flexibility index (Phi) is 3.18. The van der Waals surface area contributed by atoms with E-state index in [4.69, 9.17) is 0 Å². The normalized spacial score (nSPS) is 10.6. The van der Waals surface area contributed by atoms with E-state index in [-0.39, 0.29) is 7.92 Å². The zero-order valence-electron chi connectivity index (χ0n) is 9.14. The summed E-state index contributed by atoms with van der Waals surface area (Å²) in [5, 5.41) is 1.48. The summed E-state index contributed by atoms with van der Waals surface area (Å²) in [7, 11) is -0.0400. The largest absolute Gasteiger partial charge is 0.0810 e. The van der Waals surface area contributed by atoms with E-state index in [0.29, 0.717) is 0 Å². The molecule has 0 aliphatic carbocycles. The van der Waals surface area contributed by atoms with Crippen molar-refractivity contribution in [2.75, 3.05) is 13.3 Å². The molecular formula is C14H15P. The van der Waals surface area contributed by atoms with Crippen LogP contribution in [0.4, 0.5) is 0 Å². The van der Waals surface area contributed by atoms with Crippen LogP contribution in [-0.2, 0) is 0 Å². The highest BCUT2D eigenvalue weighted by atomic mass is 31.1. The minimum absolute atomic E-state index is 0.0400. The molecule has 0 saturated carbocycles. The molecular weight excluding hydrogens is 199 g/mol. The third kappa shape index (κ3) is 2.27. The highest BCUT2D eigenvalue weighted by Crippen LogP contribution is 2.30. The van der Waals surface area contributed by atoms with Crippen LogP contribution in [0.25, 0.3) is 11.1 Å². The lowest BCUT2D eigenvalue weighted by atomic mass is 10.1. The molecule has 0 atom stereocenters. The number of benzene rings is 2. The fourth-order valence-corrected chi connectivity index (χ4v) is 2.80. The van der Waals surface area contributed by atoms with Crippen molar-refractivity contribution in [1.82, 2.24) is 0 Å². The van der Waals surface area contributed by atoms with Gasteiger partial charge in [0.1, 0.15) is 0 Å². The first-order valence-corrected chi connectivity index (χ1v) is 7.34. The van der Waals surface area contributed by atoms with Crippen molar-refractivity contribution in [3.05, 3.63) is 54.6 Å². The van der Waals surface area contributed by atoms with Gasteiger partial charge in [-0.05, 0) is 29.8 Å². The summed E-state index contributed by atoms with van der Waals surface area (Å²) in [6.07, 6.45) is 0. The van der Waals surface area contributed by atoms with Crippen LogP contribution in [0.3, 0.4) is 0 Å². The third-order valence-corrected chi connectivity index (χ3v) is 3.82. The maximum atomic E-state index is 2.30. The second-order valence-corrected chi connectivity index (χ2v) is 6.05. The lowest BCUT2D eigenvalue weighted by Crippen LogP contribution is -2.02. The standard InChI is InChI=1S/C14H15P/c1-15(2)14-11-7-6-10-13(14)12-8-4-3-5-9-12/h3-11H,1-2H3. The van der Waals surface area contributed by atoms with E-state index in [9.17, 15) is 0 Å². The topological polar surface area (TPSA) is 0 Å². The number of hydrogen-bond donors (Lipinski definition) is 0. The second-order valence-electron chi connectivity index (χ2n) is 3.78. The minimum Gasteiger partial charge on any atom is -0.0810 e. The Labute approximate surface area is 92.7 Å². The summed E-state index contributed by atoms with van der Waals surface area (Å²) in [5.74, 6) is 0. The molecule has 0 aliphatic rings. The van der Waals surface area contributed by atoms with Crippen molar-refractivity contribution in [2.45, 2.75) is 0 Å². The Hall–Kier alpha value is -1.13. The summed E-state index contributed by atoms with van der Waals surface area (Å²) < 4.78 is 0. The molecule has 0 nitrogen and oxygen atoms in total. The van der Waals surface area contributed by atoms with E-state index in [1.807, 2.05) is 0 Å². The van der Waals surface area contributed by atoms with Crippen molar-refractivity contribution in [2.24, 2.45) is 0 Å². The van der Waals surface area contributed by atoms with Gasteiger partial charge in [-0.15, -0.1) is 0 Å². The predicted molar refractivity (Wildman–Crippen MR) is 70.3 cm³/mol. The average molecular weight is 214 g/mol. The van der Waals surface area contributed by atoms with Gasteiger partial charge >= 0.3 is 0 Å². The van der Waals surface area contributed by atoms with E-state index >= 15 is 0 Å². The van der Waals surface area contributed by atoms with E-state index < -0.39 is 0 Å². The van der Waals surface area contributed by atoms with Crippen LogP contribution in [0.5, 0.6) is 0 Å². The van der Waals surface area contributed by atoms with Crippen molar-refractivity contribution in [3.63, 3.8) is 0 Å². The summed E-state index contributed by atoms with van der Waals surface area (Å²) in [5.41, 5.74) is 2.71. The van der Waals surface area contributed by atoms with Gasteiger partial charge < -0.3 is 0 Å². The van der Waals surface area contributed by atoms with Crippen molar-refractivity contribution < 1.29 is 0 Å². The molecule has 0 saturated heterocycles. The Morgan fingerprint density at radius 2 is 1.33 bits per heavy atom. The van der Waals surface area contributed by atoms with Gasteiger partial charge in [-0.3, -0.25) is 0 Å². The zero-order valence-corrected chi connectivity index (χ0v) is 10.0. The Morgan fingerprint density at radius 3 is 2.00 bits per heavy atom. The van der Waals surface area contributed by atoms with E-state index in [1.165, 1.54) is 16.4 Å². The first kappa shape index (κ1) is 10.4. The SMILES string of the molecule is CP(C)c1ccccc1-c1ccccc1. The molecule has 0 amide bonds. The summed E-state index contributed by atoms with van der Waals surface area (Å²) in [6, 6.07) is 19.3. The Bertz CT molecular complexity index is 432. The smallest absolute Gasteiger partial charge is 0.0107 e. The van der Waals surface area contributed by atoms with Gasteiger partial charge in [-0.1, -0.05) is 62.5 Å².